The van der Waals surface area contributed by atoms with Crippen LogP contribution in [0.5, 0.6) is 0 Å². The number of hydrogen-bond donors (Lipinski definition) is 3. The van der Waals surface area contributed by atoms with E-state index < -0.39 is 17.8 Å². The molecule has 0 unspecified atom stereocenters. The lowest BCUT2D eigenvalue weighted by molar-refractivity contribution is 0.0265. The van der Waals surface area contributed by atoms with Crippen LogP contribution in [0.1, 0.15) is 131 Å². The van der Waals surface area contributed by atoms with Crippen LogP contribution in [0.2, 0.25) is 0 Å². The number of fused-ring (bicyclic) bond motifs is 4. The Morgan fingerprint density at radius 3 is 1.30 bits per heavy atom. The number of amides is 3. The maximum absolute atomic E-state index is 13.4. The normalized spacial score (nSPS) is 18.4. The number of aromatic amines is 2. The Balaban J connectivity index is 0.000000201. The summed E-state index contributed by atoms with van der Waals surface area (Å²) in [6.07, 6.45) is 11.7. The molecule has 18 nitrogen and oxygen atoms in total. The SMILES string of the molecule is CC(C)(C)OC(=O)N1CCC[C@H]1C1=NC=C(c2ccc3cc(-c4ccc5nc([C@@H]6CCCN6C(=O)OCc6ccccc6)[nH]c(=O)c5c4)ccc3c2)C1.O=C(OCc1ccccc1)N1CCC[C@H]1c1nc2ccc(-c3ccc4cc(C5=CN=C([C@@H]6CCCN6)C5)ccc4c3)cc2c(=O)[nH]1.S.S.S.S. The number of hydrogen-bond acceptors (Lipinski definition) is 13. The van der Waals surface area contributed by atoms with Gasteiger partial charge in [-0.25, -0.2) is 24.4 Å². The largest absolute Gasteiger partial charge is 0.445 e. The van der Waals surface area contributed by atoms with Crippen molar-refractivity contribution in [3.05, 3.63) is 237 Å². The lowest BCUT2D eigenvalue weighted by Gasteiger charge is -2.28. The molecular formula is C81H86N10O8S4. The topological polar surface area (TPSA) is 217 Å². The first-order valence-corrected chi connectivity index (χ1v) is 34.5. The number of rotatable bonds is 12. The number of nitrogens with zero attached hydrogens (tertiary/aromatic N) is 7. The second kappa shape index (κ2) is 32.5. The minimum absolute atomic E-state index is 0. The highest BCUT2D eigenvalue weighted by atomic mass is 32.1. The summed E-state index contributed by atoms with van der Waals surface area (Å²) in [6.45, 7) is 8.93. The van der Waals surface area contributed by atoms with Gasteiger partial charge in [0, 0.05) is 62.3 Å². The van der Waals surface area contributed by atoms with Gasteiger partial charge in [-0.05, 0) is 204 Å². The van der Waals surface area contributed by atoms with Crippen molar-refractivity contribution >= 4 is 138 Å². The third-order valence-electron chi connectivity index (χ3n) is 19.8. The van der Waals surface area contributed by atoms with E-state index in [9.17, 15) is 24.0 Å². The summed E-state index contributed by atoms with van der Waals surface area (Å²) < 4.78 is 16.9. The molecule has 16 rings (SSSR count). The maximum Gasteiger partial charge on any atom is 0.410 e. The summed E-state index contributed by atoms with van der Waals surface area (Å²) in [6, 6.07) is 56.2. The van der Waals surface area contributed by atoms with Crippen LogP contribution in [-0.2, 0) is 27.4 Å². The highest BCUT2D eigenvalue weighted by Gasteiger charge is 2.38. The van der Waals surface area contributed by atoms with Gasteiger partial charge >= 0.3 is 18.3 Å². The van der Waals surface area contributed by atoms with Gasteiger partial charge in [0.15, 0.2) is 0 Å². The Morgan fingerprint density at radius 2 is 0.854 bits per heavy atom. The van der Waals surface area contributed by atoms with Gasteiger partial charge in [-0.2, -0.15) is 54.0 Å². The van der Waals surface area contributed by atoms with Crippen LogP contribution in [0, 0.1) is 0 Å². The molecule has 22 heteroatoms. The molecule has 4 fully saturated rings. The number of allylic oxidation sites excluding steroid dienone is 2. The number of H-pyrrole nitrogens is 2. The Hall–Kier alpha value is -9.45. The predicted octanol–water partition coefficient (Wildman–Crippen LogP) is 16.4. The van der Waals surface area contributed by atoms with E-state index in [4.69, 9.17) is 34.2 Å². The molecule has 0 spiro atoms. The summed E-state index contributed by atoms with van der Waals surface area (Å²) >= 11 is 0. The number of carbonyl (C=O) groups is 3. The first-order chi connectivity index (χ1) is 48.2. The van der Waals surface area contributed by atoms with Gasteiger partial charge in [-0.15, -0.1) is 0 Å². The van der Waals surface area contributed by atoms with Crippen LogP contribution < -0.4 is 16.4 Å². The Morgan fingerprint density at radius 1 is 0.456 bits per heavy atom. The van der Waals surface area contributed by atoms with Crippen molar-refractivity contribution in [2.24, 2.45) is 9.98 Å². The van der Waals surface area contributed by atoms with E-state index in [2.05, 4.69) is 88.1 Å². The number of carbonyl (C=O) groups excluding carboxylic acids is 3. The van der Waals surface area contributed by atoms with Crippen LogP contribution in [0.4, 0.5) is 14.4 Å². The van der Waals surface area contributed by atoms with Crippen LogP contribution in [-0.4, -0.2) is 108 Å². The summed E-state index contributed by atoms with van der Waals surface area (Å²) in [5.41, 5.74) is 12.9. The first-order valence-electron chi connectivity index (χ1n) is 34.5. The van der Waals surface area contributed by atoms with Gasteiger partial charge in [0.05, 0.1) is 39.9 Å². The summed E-state index contributed by atoms with van der Waals surface area (Å²) in [5, 5.41) is 9.07. The average Bonchev–Trinajstić information content (AvgIpc) is 1.56. The molecule has 532 valence electrons. The molecule has 3 N–H and O–H groups in total. The second-order valence-electron chi connectivity index (χ2n) is 27.6. The number of aliphatic imine (C=N–C) groups is 2. The number of aromatic nitrogens is 4. The third-order valence-corrected chi connectivity index (χ3v) is 19.8. The summed E-state index contributed by atoms with van der Waals surface area (Å²) in [5.74, 6) is 0.972. The number of likely N-dealkylation sites (tertiary alicyclic amines) is 3. The van der Waals surface area contributed by atoms with Crippen molar-refractivity contribution in [2.75, 3.05) is 26.2 Å². The Bertz CT molecular complexity index is 5070. The van der Waals surface area contributed by atoms with Crippen LogP contribution in [0.15, 0.2) is 202 Å². The zero-order valence-electron chi connectivity index (χ0n) is 57.8. The van der Waals surface area contributed by atoms with Crippen molar-refractivity contribution in [1.29, 1.82) is 0 Å². The highest BCUT2D eigenvalue weighted by Crippen LogP contribution is 2.38. The van der Waals surface area contributed by atoms with Gasteiger partial charge < -0.3 is 29.5 Å². The van der Waals surface area contributed by atoms with Crippen molar-refractivity contribution in [1.82, 2.24) is 40.0 Å². The quantitative estimate of drug-likeness (QED) is 0.0978. The molecule has 0 saturated carbocycles. The molecule has 4 atom stereocenters. The van der Waals surface area contributed by atoms with Gasteiger partial charge in [-0.3, -0.25) is 34.3 Å². The maximum atomic E-state index is 13.4. The van der Waals surface area contributed by atoms with Crippen LogP contribution in [0.25, 0.3) is 76.8 Å². The minimum atomic E-state index is -0.538. The highest BCUT2D eigenvalue weighted by molar-refractivity contribution is 7.59. The predicted molar refractivity (Wildman–Crippen MR) is 430 cm³/mol. The van der Waals surface area contributed by atoms with E-state index in [1.54, 1.807) is 9.80 Å². The fraction of sp³-hybridized carbons (Fsp3) is 0.296. The van der Waals surface area contributed by atoms with Gasteiger partial charge in [0.25, 0.3) is 11.1 Å². The molecule has 3 amide bonds. The standard InChI is InChI=1S/C43H43N5O5.C38H35N5O3.4H2S/c1-43(2,3)53-42(51)47-19-7-11-37(47)36-24-33(25-44-36)31-16-15-28-21-30(14-13-29(28)22-31)32-17-18-35-34(23-32)40(49)46-39(45-35)38-12-8-20-48(38)41(50)52-26-27-9-5-4-6-10-27;44-37-31-20-29(27-11-10-26-19-28(13-12-25(26)18-27)30-21-34(40-22-30)33-8-4-16-39-33)14-15-32(31)41-36(42-37)35-9-5-17-43(35)38(45)46-23-24-6-2-1-3-7-24;;;;/h4-6,9-10,13-18,21-23,25,37-38H,7-8,11-12,19-20,24,26H2,1-3H3,(H,45,46,49);1-3,6-7,10-15,18-20,22,33,35,39H,4-5,8-9,16-17,21,23H2,(H,41,42,44);4*1H2/t37-,38-;33-,35-;;;;/m00..../s1. The average molecular weight is 1460 g/mol. The molecule has 0 bridgehead atoms. The smallest absolute Gasteiger partial charge is 0.410 e. The zero-order valence-corrected chi connectivity index (χ0v) is 61.8. The molecule has 10 aromatic rings. The van der Waals surface area contributed by atoms with Gasteiger partial charge in [-0.1, -0.05) is 121 Å². The second-order valence-corrected chi connectivity index (χ2v) is 27.6. The van der Waals surface area contributed by atoms with Gasteiger partial charge in [0.1, 0.15) is 30.5 Å². The molecule has 6 aliphatic heterocycles. The third kappa shape index (κ3) is 16.5. The zero-order chi connectivity index (χ0) is 67.7. The van der Waals surface area contributed by atoms with Gasteiger partial charge in [0.2, 0.25) is 0 Å². The lowest BCUT2D eigenvalue weighted by Crippen LogP contribution is -2.43. The van der Waals surface area contributed by atoms with E-state index in [0.29, 0.717) is 72.0 Å². The molecule has 103 heavy (non-hydrogen) atoms. The summed E-state index contributed by atoms with van der Waals surface area (Å²) in [7, 11) is 0. The number of ether oxygens (including phenoxy) is 3. The van der Waals surface area contributed by atoms with Crippen molar-refractivity contribution in [2.45, 2.75) is 128 Å². The first kappa shape index (κ1) is 74.7. The number of benzene rings is 8. The van der Waals surface area contributed by atoms with Crippen LogP contribution >= 0.6 is 54.0 Å². The Kier molecular flexibility index (Phi) is 23.6. The van der Waals surface area contributed by atoms with E-state index in [1.165, 1.54) is 35.1 Å². The van der Waals surface area contributed by atoms with Crippen LogP contribution in [0.3, 0.4) is 0 Å². The van der Waals surface area contributed by atoms with E-state index >= 15 is 0 Å². The minimum Gasteiger partial charge on any atom is -0.445 e. The molecule has 2 aromatic heterocycles. The fourth-order valence-electron chi connectivity index (χ4n) is 14.7. The van der Waals surface area contributed by atoms with E-state index in [-0.39, 0.29) is 103 Å². The van der Waals surface area contributed by atoms with E-state index in [1.807, 2.05) is 135 Å². The fourth-order valence-corrected chi connectivity index (χ4v) is 14.7. The van der Waals surface area contributed by atoms with Crippen molar-refractivity contribution in [3.8, 4) is 22.3 Å². The summed E-state index contributed by atoms with van der Waals surface area (Å²) in [4.78, 5) is 95.9. The molecule has 0 radical (unpaired) electrons. The molecule has 0 aliphatic carbocycles. The van der Waals surface area contributed by atoms with Crippen molar-refractivity contribution < 1.29 is 28.6 Å². The van der Waals surface area contributed by atoms with E-state index in [0.717, 1.165) is 111 Å². The molecule has 8 heterocycles. The molecule has 4 saturated heterocycles. The van der Waals surface area contributed by atoms with Crippen molar-refractivity contribution in [3.63, 3.8) is 0 Å². The lowest BCUT2D eigenvalue weighted by atomic mass is 9.95. The molecule has 6 aliphatic rings. The number of nitrogens with one attached hydrogen (secondary N) is 3. The molecular weight excluding hydrogens is 1370 g/mol. The monoisotopic (exact) mass is 1450 g/mol. The Labute approximate surface area is 625 Å². The molecule has 8 aromatic carbocycles.